The maximum Gasteiger partial charge on any atom is 0.306 e. The van der Waals surface area contributed by atoms with Gasteiger partial charge in [-0.05, 0) is 18.5 Å². The number of halogens is 1. The molecule has 15 heavy (non-hydrogen) atoms. The van der Waals surface area contributed by atoms with E-state index in [0.29, 0.717) is 24.7 Å². The number of alkyl halides is 1. The number of nitrogens with zero attached hydrogens (tertiary/aromatic N) is 2. The van der Waals surface area contributed by atoms with Crippen LogP contribution in [-0.4, -0.2) is 27.9 Å². The zero-order valence-electron chi connectivity index (χ0n) is 8.23. The molecular formula is C8H11ClN2O2S2. The van der Waals surface area contributed by atoms with Crippen molar-refractivity contribution in [2.75, 3.05) is 12.4 Å². The van der Waals surface area contributed by atoms with Crippen LogP contribution in [0.15, 0.2) is 4.21 Å². The second-order valence-electron chi connectivity index (χ2n) is 2.54. The third-order valence-electron chi connectivity index (χ3n) is 1.49. The molecule has 1 aromatic rings. The minimum Gasteiger partial charge on any atom is -0.466 e. The van der Waals surface area contributed by atoms with E-state index in [4.69, 9.17) is 16.3 Å². The highest BCUT2D eigenvalue weighted by Crippen LogP contribution is 2.26. The van der Waals surface area contributed by atoms with Crippen molar-refractivity contribution >= 4 is 40.9 Å². The van der Waals surface area contributed by atoms with E-state index in [1.165, 1.54) is 11.5 Å². The summed E-state index contributed by atoms with van der Waals surface area (Å²) in [5, 5.41) is 3.87. The summed E-state index contributed by atoms with van der Waals surface area (Å²) in [5.41, 5.74) is 0.788. The minimum atomic E-state index is -0.171. The number of esters is 1. The number of rotatable bonds is 6. The first-order valence-electron chi connectivity index (χ1n) is 4.43. The molecule has 0 radical (unpaired) electrons. The molecule has 0 N–H and O–H groups in total. The van der Waals surface area contributed by atoms with Crippen LogP contribution in [0.3, 0.4) is 0 Å². The standard InChI is InChI=1S/C8H11ClN2O2S2/c1-2-13-7(12)3-4-14-8-6(5-9)10-11-15-8/h2-5H2,1H3. The molecular weight excluding hydrogens is 256 g/mol. The predicted octanol–water partition coefficient (Wildman–Crippen LogP) is 2.32. The molecule has 0 aliphatic heterocycles. The number of ether oxygens (including phenoxy) is 1. The third-order valence-corrected chi connectivity index (χ3v) is 3.79. The third kappa shape index (κ3) is 4.36. The van der Waals surface area contributed by atoms with Crippen molar-refractivity contribution in [3.63, 3.8) is 0 Å². The summed E-state index contributed by atoms with van der Waals surface area (Å²) >= 11 is 8.51. The summed E-state index contributed by atoms with van der Waals surface area (Å²) < 4.78 is 9.59. The van der Waals surface area contributed by atoms with E-state index >= 15 is 0 Å². The molecule has 0 atom stereocenters. The van der Waals surface area contributed by atoms with Gasteiger partial charge in [0.2, 0.25) is 0 Å². The molecule has 84 valence electrons. The lowest BCUT2D eigenvalue weighted by atomic mass is 10.5. The van der Waals surface area contributed by atoms with Gasteiger partial charge in [-0.1, -0.05) is 4.49 Å². The Kier molecular flexibility index (Phi) is 5.97. The monoisotopic (exact) mass is 266 g/mol. The Morgan fingerprint density at radius 2 is 2.47 bits per heavy atom. The van der Waals surface area contributed by atoms with E-state index in [1.54, 1.807) is 18.7 Å². The van der Waals surface area contributed by atoms with Gasteiger partial charge < -0.3 is 4.74 Å². The molecule has 0 amide bonds. The van der Waals surface area contributed by atoms with Crippen LogP contribution in [0.25, 0.3) is 0 Å². The predicted molar refractivity (Wildman–Crippen MR) is 61.4 cm³/mol. The zero-order chi connectivity index (χ0) is 11.1. The molecule has 0 aliphatic carbocycles. The molecule has 1 heterocycles. The van der Waals surface area contributed by atoms with Crippen molar-refractivity contribution < 1.29 is 9.53 Å². The molecule has 0 bridgehead atoms. The topological polar surface area (TPSA) is 52.1 Å². The van der Waals surface area contributed by atoms with E-state index in [-0.39, 0.29) is 5.97 Å². The largest absolute Gasteiger partial charge is 0.466 e. The maximum absolute atomic E-state index is 11.0. The van der Waals surface area contributed by atoms with Crippen LogP contribution in [0.2, 0.25) is 0 Å². The van der Waals surface area contributed by atoms with E-state index in [2.05, 4.69) is 9.59 Å². The smallest absolute Gasteiger partial charge is 0.306 e. The van der Waals surface area contributed by atoms with Gasteiger partial charge >= 0.3 is 5.97 Å². The van der Waals surface area contributed by atoms with Gasteiger partial charge in [-0.2, -0.15) is 0 Å². The van der Waals surface area contributed by atoms with E-state index in [1.807, 2.05) is 0 Å². The quantitative estimate of drug-likeness (QED) is 0.449. The van der Waals surface area contributed by atoms with Gasteiger partial charge in [-0.15, -0.1) is 28.5 Å². The minimum absolute atomic E-state index is 0.171. The fourth-order valence-electron chi connectivity index (χ4n) is 0.851. The number of thioether (sulfide) groups is 1. The molecule has 1 rings (SSSR count). The molecule has 0 unspecified atom stereocenters. The van der Waals surface area contributed by atoms with E-state index in [0.717, 1.165) is 9.90 Å². The first-order chi connectivity index (χ1) is 7.27. The lowest BCUT2D eigenvalue weighted by Gasteiger charge is -2.00. The molecule has 0 spiro atoms. The number of carbonyl (C=O) groups is 1. The van der Waals surface area contributed by atoms with E-state index < -0.39 is 0 Å². The molecule has 0 saturated heterocycles. The Labute approximate surface area is 102 Å². The van der Waals surface area contributed by atoms with E-state index in [9.17, 15) is 4.79 Å². The van der Waals surface area contributed by atoms with Crippen molar-refractivity contribution in [2.24, 2.45) is 0 Å². The molecule has 0 aliphatic rings. The number of carbonyl (C=O) groups excluding carboxylic acids is 1. The van der Waals surface area contributed by atoms with Crippen molar-refractivity contribution in [2.45, 2.75) is 23.4 Å². The Bertz CT molecular complexity index is 319. The van der Waals surface area contributed by atoms with Gasteiger partial charge in [0, 0.05) is 5.75 Å². The van der Waals surface area contributed by atoms with Gasteiger partial charge in [-0.25, -0.2) is 0 Å². The second kappa shape index (κ2) is 7.03. The molecule has 0 saturated carbocycles. The van der Waals surface area contributed by atoms with Gasteiger partial charge in [0.15, 0.2) is 0 Å². The van der Waals surface area contributed by atoms with Crippen molar-refractivity contribution in [1.29, 1.82) is 0 Å². The average molecular weight is 267 g/mol. The lowest BCUT2D eigenvalue weighted by molar-refractivity contribution is -0.142. The highest BCUT2D eigenvalue weighted by molar-refractivity contribution is 8.01. The van der Waals surface area contributed by atoms with Crippen molar-refractivity contribution in [3.05, 3.63) is 5.69 Å². The molecule has 0 fully saturated rings. The van der Waals surface area contributed by atoms with Crippen LogP contribution >= 0.6 is 34.9 Å². The van der Waals surface area contributed by atoms with Crippen molar-refractivity contribution in [1.82, 2.24) is 9.59 Å². The van der Waals surface area contributed by atoms with Crippen molar-refractivity contribution in [3.8, 4) is 0 Å². The summed E-state index contributed by atoms with van der Waals surface area (Å²) in [6.07, 6.45) is 0.401. The average Bonchev–Trinajstić information content (AvgIpc) is 2.66. The Morgan fingerprint density at radius 3 is 3.13 bits per heavy atom. The maximum atomic E-state index is 11.0. The first kappa shape index (κ1) is 12.7. The number of hydrogen-bond acceptors (Lipinski definition) is 6. The summed E-state index contributed by atoms with van der Waals surface area (Å²) in [4.78, 5) is 11.0. The first-order valence-corrected chi connectivity index (χ1v) is 6.73. The molecule has 1 aromatic heterocycles. The van der Waals surface area contributed by atoms with Gasteiger partial charge in [0.05, 0.1) is 18.9 Å². The summed E-state index contributed by atoms with van der Waals surface area (Å²) in [5.74, 6) is 0.861. The van der Waals surface area contributed by atoms with Gasteiger partial charge in [0.25, 0.3) is 0 Å². The number of hydrogen-bond donors (Lipinski definition) is 0. The normalized spacial score (nSPS) is 10.3. The summed E-state index contributed by atoms with van der Waals surface area (Å²) in [6, 6.07) is 0. The summed E-state index contributed by atoms with van der Waals surface area (Å²) in [6.45, 7) is 2.22. The fraction of sp³-hybridized carbons (Fsp3) is 0.625. The molecule has 4 nitrogen and oxygen atoms in total. The highest BCUT2D eigenvalue weighted by atomic mass is 35.5. The zero-order valence-corrected chi connectivity index (χ0v) is 10.6. The van der Waals surface area contributed by atoms with Gasteiger partial charge in [0.1, 0.15) is 9.90 Å². The fourth-order valence-corrected chi connectivity index (χ4v) is 2.92. The molecule has 7 heteroatoms. The highest BCUT2D eigenvalue weighted by Gasteiger charge is 2.08. The van der Waals surface area contributed by atoms with Crippen LogP contribution in [0.1, 0.15) is 19.0 Å². The SMILES string of the molecule is CCOC(=O)CCSc1snnc1CCl. The molecule has 0 aromatic carbocycles. The Hall–Kier alpha value is -0.330. The van der Waals surface area contributed by atoms with Crippen LogP contribution in [0, 0.1) is 0 Å². The lowest BCUT2D eigenvalue weighted by Crippen LogP contribution is -2.04. The summed E-state index contributed by atoms with van der Waals surface area (Å²) in [7, 11) is 0. The number of aromatic nitrogens is 2. The Balaban J connectivity index is 2.28. The Morgan fingerprint density at radius 1 is 1.67 bits per heavy atom. The van der Waals surface area contributed by atoms with Crippen LogP contribution in [-0.2, 0) is 15.4 Å². The van der Waals surface area contributed by atoms with Gasteiger partial charge in [-0.3, -0.25) is 4.79 Å². The van der Waals surface area contributed by atoms with Crippen LogP contribution in [0.4, 0.5) is 0 Å². The second-order valence-corrected chi connectivity index (χ2v) is 4.93. The van der Waals surface area contributed by atoms with Crippen LogP contribution in [0.5, 0.6) is 0 Å². The van der Waals surface area contributed by atoms with Crippen LogP contribution < -0.4 is 0 Å².